The zero-order valence-corrected chi connectivity index (χ0v) is 35.3. The van der Waals surface area contributed by atoms with Crippen molar-refractivity contribution in [1.29, 1.82) is 0 Å². The summed E-state index contributed by atoms with van der Waals surface area (Å²) >= 11 is 0. The average Bonchev–Trinajstić information content (AvgIpc) is 3.96. The highest BCUT2D eigenvalue weighted by atomic mass is 16.5. The largest absolute Gasteiger partial charge is 0.458 e. The molecule has 0 aliphatic heterocycles. The van der Waals surface area contributed by atoms with Gasteiger partial charge in [0.25, 0.3) is 6.33 Å². The second-order valence-corrected chi connectivity index (χ2v) is 16.2. The van der Waals surface area contributed by atoms with Gasteiger partial charge in [0.2, 0.25) is 0 Å². The molecule has 5 heteroatoms. The zero-order chi connectivity index (χ0) is 51.9. The zero-order valence-electron chi connectivity index (χ0n) is 45.3. The molecule has 11 aromatic rings. The van der Waals surface area contributed by atoms with E-state index < -0.39 is 60.4 Å². The Morgan fingerprint density at radius 3 is 2.00 bits per heavy atom. The van der Waals surface area contributed by atoms with Gasteiger partial charge < -0.3 is 4.74 Å². The van der Waals surface area contributed by atoms with Gasteiger partial charge in [0.05, 0.1) is 47.1 Å². The van der Waals surface area contributed by atoms with Gasteiger partial charge in [0.1, 0.15) is 17.3 Å². The summed E-state index contributed by atoms with van der Waals surface area (Å²) in [4.78, 5) is 4.87. The van der Waals surface area contributed by atoms with Crippen molar-refractivity contribution in [3.8, 4) is 62.1 Å². The minimum atomic E-state index is -0.571. The Morgan fingerprint density at radius 2 is 1.25 bits per heavy atom. The summed E-state index contributed by atoms with van der Waals surface area (Å²) in [6.07, 6.45) is 5.39. The molecule has 64 heavy (non-hydrogen) atoms. The Kier molecular flexibility index (Phi) is 7.49. The number of aromatic nitrogens is 4. The molecular formula is C59H46N4O. The van der Waals surface area contributed by atoms with Crippen LogP contribution >= 0.6 is 0 Å². The third-order valence-corrected chi connectivity index (χ3v) is 12.0. The monoisotopic (exact) mass is 836 g/mol. The molecule has 0 spiro atoms. The van der Waals surface area contributed by atoms with Crippen molar-refractivity contribution in [2.24, 2.45) is 5.92 Å². The van der Waals surface area contributed by atoms with Crippen LogP contribution < -0.4 is 9.30 Å². The number of para-hydroxylation sites is 2. The van der Waals surface area contributed by atoms with Crippen LogP contribution in [-0.2, 0) is 0 Å². The van der Waals surface area contributed by atoms with Gasteiger partial charge in [-0.25, -0.2) is 4.98 Å². The number of pyridine rings is 1. The number of nitrogens with zero attached hydrogens (tertiary/aromatic N) is 4. The topological polar surface area (TPSA) is 35.9 Å². The summed E-state index contributed by atoms with van der Waals surface area (Å²) in [5.74, 6) is 2.68. The molecule has 8 aromatic carbocycles. The van der Waals surface area contributed by atoms with Crippen LogP contribution in [0.1, 0.15) is 46.0 Å². The lowest BCUT2D eigenvalue weighted by molar-refractivity contribution is -0.571. The number of rotatable bonds is 10. The first-order chi connectivity index (χ1) is 35.6. The van der Waals surface area contributed by atoms with E-state index in [1.54, 1.807) is 22.8 Å². The minimum Gasteiger partial charge on any atom is -0.458 e. The summed E-state index contributed by atoms with van der Waals surface area (Å²) in [7, 11) is 0. The normalized spacial score (nSPS) is 14.2. The Balaban J connectivity index is 1.12. The fourth-order valence-corrected chi connectivity index (χ4v) is 8.54. The summed E-state index contributed by atoms with van der Waals surface area (Å²) < 4.78 is 101. The van der Waals surface area contributed by atoms with E-state index in [4.69, 9.17) is 23.4 Å². The van der Waals surface area contributed by atoms with Crippen molar-refractivity contribution in [2.45, 2.75) is 26.7 Å². The van der Waals surface area contributed by atoms with Gasteiger partial charge in [0.15, 0.2) is 0 Å². The molecule has 3 heterocycles. The Hall–Kier alpha value is -8.02. The van der Waals surface area contributed by atoms with Gasteiger partial charge >= 0.3 is 0 Å². The molecule has 0 aliphatic rings. The molecule has 0 saturated carbocycles. The van der Waals surface area contributed by atoms with E-state index in [9.17, 15) is 0 Å². The van der Waals surface area contributed by atoms with Crippen LogP contribution in [0.2, 0.25) is 0 Å². The molecule has 3 aromatic heterocycles. The molecule has 308 valence electrons. The second-order valence-electron chi connectivity index (χ2n) is 16.2. The predicted molar refractivity (Wildman–Crippen MR) is 262 cm³/mol. The quantitative estimate of drug-likeness (QED) is 0.102. The third-order valence-electron chi connectivity index (χ3n) is 12.0. The van der Waals surface area contributed by atoms with Crippen LogP contribution in [0.25, 0.3) is 83.4 Å². The minimum absolute atomic E-state index is 0.138. The molecule has 0 aliphatic carbocycles. The van der Waals surface area contributed by atoms with Crippen molar-refractivity contribution >= 4 is 32.8 Å². The number of hydrogen-bond donors (Lipinski definition) is 0. The maximum absolute atomic E-state index is 9.14. The van der Waals surface area contributed by atoms with Gasteiger partial charge in [-0.1, -0.05) is 166 Å². The fourth-order valence-electron chi connectivity index (χ4n) is 8.54. The molecule has 1 unspecified atom stereocenters. The molecule has 0 radical (unpaired) electrons. The van der Waals surface area contributed by atoms with Crippen molar-refractivity contribution in [3.05, 3.63) is 224 Å². The first kappa shape index (κ1) is 29.3. The van der Waals surface area contributed by atoms with Crippen LogP contribution in [-0.4, -0.2) is 14.1 Å². The Bertz CT molecular complexity index is 3930. The lowest BCUT2D eigenvalue weighted by atomic mass is 9.91. The van der Waals surface area contributed by atoms with Crippen LogP contribution in [0, 0.1) is 12.2 Å². The van der Waals surface area contributed by atoms with Gasteiger partial charge in [-0.05, 0) is 105 Å². The van der Waals surface area contributed by atoms with E-state index in [-0.39, 0.29) is 27.9 Å². The van der Waals surface area contributed by atoms with Gasteiger partial charge in [-0.2, -0.15) is 0 Å². The number of benzene rings is 8. The lowest BCUT2D eigenvalue weighted by Gasteiger charge is -2.17. The number of ether oxygens (including phenoxy) is 1. The fraction of sp³-hybridized carbons (Fsp3) is 0.0847. The van der Waals surface area contributed by atoms with Crippen LogP contribution in [0.5, 0.6) is 11.5 Å². The van der Waals surface area contributed by atoms with E-state index in [0.29, 0.717) is 40.1 Å². The number of imidazole rings is 1. The molecule has 0 saturated heterocycles. The molecule has 1 atom stereocenters. The summed E-state index contributed by atoms with van der Waals surface area (Å²) in [5, 5.41) is 2.13. The van der Waals surface area contributed by atoms with Gasteiger partial charge in [-0.3, -0.25) is 13.7 Å². The van der Waals surface area contributed by atoms with Crippen LogP contribution in [0.3, 0.4) is 0 Å². The lowest BCUT2D eigenvalue weighted by Crippen LogP contribution is -2.31. The van der Waals surface area contributed by atoms with E-state index in [1.807, 2.05) is 108 Å². The van der Waals surface area contributed by atoms with Crippen molar-refractivity contribution in [1.82, 2.24) is 14.1 Å². The van der Waals surface area contributed by atoms with Crippen molar-refractivity contribution in [3.63, 3.8) is 0 Å². The third kappa shape index (κ3) is 7.01. The molecule has 11 rings (SSSR count). The maximum atomic E-state index is 9.14. The van der Waals surface area contributed by atoms with E-state index in [1.165, 1.54) is 5.56 Å². The first-order valence-corrected chi connectivity index (χ1v) is 21.2. The molecule has 0 amide bonds. The molecule has 0 fully saturated rings. The highest BCUT2D eigenvalue weighted by Gasteiger charge is 2.21. The summed E-state index contributed by atoms with van der Waals surface area (Å²) in [5.41, 5.74) is 6.88. The average molecular weight is 837 g/mol. The van der Waals surface area contributed by atoms with Gasteiger partial charge in [0, 0.05) is 23.0 Å². The van der Waals surface area contributed by atoms with E-state index >= 15 is 0 Å². The molecule has 0 bridgehead atoms. The number of hydrogen-bond acceptors (Lipinski definition) is 2. The SMILES string of the molecule is [2H]c1c([2H])c([2H])c(-c2cccc(-c3c([2H])c([2H])c([2H])c([2H])c3[2H])c2-[n+]2[c-]n(-c3cccc(Oc4ccc5c6ccccc6n(-c6cc(C(C)C(C)C)ccn6)c5c4)c3)c3ccc(-c4ccccc4)cc32)c([2H])c1[2H]. The van der Waals surface area contributed by atoms with Crippen molar-refractivity contribution < 1.29 is 23.0 Å². The predicted octanol–water partition coefficient (Wildman–Crippen LogP) is 14.8. The van der Waals surface area contributed by atoms with Crippen molar-refractivity contribution in [2.75, 3.05) is 0 Å². The Morgan fingerprint density at radius 1 is 0.562 bits per heavy atom. The summed E-state index contributed by atoms with van der Waals surface area (Å²) in [6, 6.07) is 41.2. The number of fused-ring (bicyclic) bond motifs is 4. The van der Waals surface area contributed by atoms with Crippen LogP contribution in [0.4, 0.5) is 0 Å². The molecular weight excluding hydrogens is 781 g/mol. The highest BCUT2D eigenvalue weighted by Crippen LogP contribution is 2.38. The standard InChI is InChI=1S/C59H46N4O/c1-40(2)41(3)45-33-34-60-58(36-45)63-54-28-14-13-25-52(54)53-31-30-49(38-56(53)63)64-48-24-15-23-47(37-48)61-39-62(57-35-46(29-32-55(57)61)42-17-7-4-8-18-42)59-50(43-19-9-5-10-20-43)26-16-27-51(59)44-21-11-6-12-22-44/h4-38,40-41H,1-3H3/i5D,6D,9D,10D,11D,12D,19D,20D,21D,22D. The second kappa shape index (κ2) is 16.4. The van der Waals surface area contributed by atoms with E-state index in [0.717, 1.165) is 38.8 Å². The Labute approximate surface area is 387 Å². The molecule has 0 N–H and O–H groups in total. The molecule has 5 nitrogen and oxygen atoms in total. The van der Waals surface area contributed by atoms with Crippen LogP contribution in [0.15, 0.2) is 212 Å². The maximum Gasteiger partial charge on any atom is 0.269 e. The summed E-state index contributed by atoms with van der Waals surface area (Å²) in [6.45, 7) is 6.67. The highest BCUT2D eigenvalue weighted by molar-refractivity contribution is 6.09. The van der Waals surface area contributed by atoms with Gasteiger partial charge in [-0.15, -0.1) is 0 Å². The first-order valence-electron chi connectivity index (χ1n) is 26.2. The van der Waals surface area contributed by atoms with E-state index in [2.05, 4.69) is 62.0 Å². The smallest absolute Gasteiger partial charge is 0.269 e.